The Labute approximate surface area is 84.7 Å². The number of aliphatic hydroxyl groups excluding tert-OH is 1. The Bertz CT molecular complexity index is 260. The quantitative estimate of drug-likeness (QED) is 0.521. The fourth-order valence-electron chi connectivity index (χ4n) is 1.27. The summed E-state index contributed by atoms with van der Waals surface area (Å²) in [5.41, 5.74) is 0. The fourth-order valence-corrected chi connectivity index (χ4v) is 1.27. The van der Waals surface area contributed by atoms with Gasteiger partial charge >= 0.3 is 0 Å². The lowest BCUT2D eigenvalue weighted by Gasteiger charge is -2.08. The number of nitrogens with zero attached hydrogens (tertiary/aromatic N) is 2. The monoisotopic (exact) mass is 199 g/mol. The number of hydrogen-bond donors (Lipinski definition) is 1. The van der Waals surface area contributed by atoms with Gasteiger partial charge in [0.05, 0.1) is 13.7 Å². The van der Waals surface area contributed by atoms with E-state index in [0.717, 1.165) is 13.0 Å². The van der Waals surface area contributed by atoms with Crippen LogP contribution in [0.2, 0.25) is 0 Å². The summed E-state index contributed by atoms with van der Waals surface area (Å²) in [6.07, 6.45) is 6.38. The normalized spacial score (nSPS) is 13.1. The van der Waals surface area contributed by atoms with Gasteiger partial charge in [-0.1, -0.05) is 6.92 Å². The molecular formula is C10H19N2O2+. The van der Waals surface area contributed by atoms with E-state index in [9.17, 15) is 5.11 Å². The van der Waals surface area contributed by atoms with Crippen molar-refractivity contribution in [2.45, 2.75) is 26.0 Å². The molecule has 0 aromatic carbocycles. The number of imidazole rings is 1. The molecule has 0 saturated heterocycles. The zero-order chi connectivity index (χ0) is 10.4. The Kier molecular flexibility index (Phi) is 4.62. The van der Waals surface area contributed by atoms with Gasteiger partial charge in [-0.3, -0.25) is 0 Å². The number of hydrogen-bond acceptors (Lipinski definition) is 2. The smallest absolute Gasteiger partial charge is 0.243 e. The molecule has 4 nitrogen and oxygen atoms in total. The molecule has 14 heavy (non-hydrogen) atoms. The molecule has 1 atom stereocenters. The van der Waals surface area contributed by atoms with E-state index in [2.05, 4.69) is 6.92 Å². The van der Waals surface area contributed by atoms with Gasteiger partial charge in [0.1, 0.15) is 25.0 Å². The summed E-state index contributed by atoms with van der Waals surface area (Å²) in [5, 5.41) is 9.58. The average Bonchev–Trinajstić information content (AvgIpc) is 2.52. The van der Waals surface area contributed by atoms with Gasteiger partial charge in [-0.05, 0) is 6.42 Å². The first-order chi connectivity index (χ1) is 6.72. The summed E-state index contributed by atoms with van der Waals surface area (Å²) in [6, 6.07) is 0. The molecular weight excluding hydrogens is 180 g/mol. The van der Waals surface area contributed by atoms with Crippen molar-refractivity contribution in [3.63, 3.8) is 0 Å². The van der Waals surface area contributed by atoms with E-state index in [1.165, 1.54) is 0 Å². The number of ether oxygens (including phenoxy) is 1. The molecule has 0 saturated carbocycles. The predicted molar refractivity (Wildman–Crippen MR) is 52.7 cm³/mol. The standard InChI is InChI=1S/C10H19N2O2/c1-3-6-14-8-10(13)7-12-5-4-11(2)9-12/h4-5,9-10,13H,3,6-8H2,1-2H3/q+1. The number of aliphatic hydroxyl groups is 1. The summed E-state index contributed by atoms with van der Waals surface area (Å²) in [6.45, 7) is 3.77. The van der Waals surface area contributed by atoms with Crippen LogP contribution >= 0.6 is 0 Å². The third-order valence-electron chi connectivity index (χ3n) is 1.90. The minimum Gasteiger partial charge on any atom is -0.387 e. The van der Waals surface area contributed by atoms with Crippen LogP contribution in [0.3, 0.4) is 0 Å². The van der Waals surface area contributed by atoms with Crippen LogP contribution in [0.4, 0.5) is 0 Å². The van der Waals surface area contributed by atoms with Crippen LogP contribution in [0, 0.1) is 0 Å². The van der Waals surface area contributed by atoms with E-state index in [-0.39, 0.29) is 0 Å². The van der Waals surface area contributed by atoms with Crippen LogP contribution in [-0.2, 0) is 18.3 Å². The molecule has 1 aromatic heterocycles. The van der Waals surface area contributed by atoms with Crippen LogP contribution in [0.1, 0.15) is 13.3 Å². The maximum Gasteiger partial charge on any atom is 0.243 e. The van der Waals surface area contributed by atoms with Crippen molar-refractivity contribution in [2.75, 3.05) is 13.2 Å². The fraction of sp³-hybridized carbons (Fsp3) is 0.700. The van der Waals surface area contributed by atoms with Gasteiger partial charge in [0.25, 0.3) is 0 Å². The van der Waals surface area contributed by atoms with Crippen LogP contribution in [-0.4, -0.2) is 29.0 Å². The third-order valence-corrected chi connectivity index (χ3v) is 1.90. The van der Waals surface area contributed by atoms with E-state index < -0.39 is 6.10 Å². The molecule has 0 bridgehead atoms. The molecule has 0 aliphatic heterocycles. The lowest BCUT2D eigenvalue weighted by molar-refractivity contribution is -0.671. The summed E-state index contributed by atoms with van der Waals surface area (Å²) in [4.78, 5) is 0. The van der Waals surface area contributed by atoms with Crippen molar-refractivity contribution < 1.29 is 14.4 Å². The summed E-state index contributed by atoms with van der Waals surface area (Å²) in [7, 11) is 1.95. The molecule has 80 valence electrons. The van der Waals surface area contributed by atoms with Gasteiger partial charge in [0.2, 0.25) is 6.33 Å². The van der Waals surface area contributed by atoms with Crippen molar-refractivity contribution in [1.29, 1.82) is 0 Å². The van der Waals surface area contributed by atoms with Crippen molar-refractivity contribution in [3.05, 3.63) is 18.7 Å². The zero-order valence-corrected chi connectivity index (χ0v) is 8.89. The highest BCUT2D eigenvalue weighted by molar-refractivity contribution is 4.68. The Balaban J connectivity index is 2.23. The van der Waals surface area contributed by atoms with Crippen LogP contribution < -0.4 is 4.57 Å². The molecule has 1 rings (SSSR count). The maximum atomic E-state index is 9.58. The highest BCUT2D eigenvalue weighted by Gasteiger charge is 2.09. The molecule has 0 amide bonds. The Hall–Kier alpha value is -0.870. The van der Waals surface area contributed by atoms with Crippen molar-refractivity contribution in [3.8, 4) is 0 Å². The second-order valence-corrected chi connectivity index (χ2v) is 3.50. The van der Waals surface area contributed by atoms with Gasteiger partial charge < -0.3 is 9.84 Å². The molecule has 0 aliphatic rings. The summed E-state index contributed by atoms with van der Waals surface area (Å²) < 4.78 is 9.14. The Morgan fingerprint density at radius 1 is 1.57 bits per heavy atom. The topological polar surface area (TPSA) is 38.3 Å². The molecule has 1 heterocycles. The summed E-state index contributed by atoms with van der Waals surface area (Å²) in [5.74, 6) is 0. The minimum absolute atomic E-state index is 0.412. The van der Waals surface area contributed by atoms with Gasteiger partial charge in [-0.15, -0.1) is 0 Å². The SMILES string of the molecule is CCCOCC(O)Cn1cc[n+](C)c1. The molecule has 1 N–H and O–H groups in total. The molecule has 4 heteroatoms. The second-order valence-electron chi connectivity index (χ2n) is 3.50. The van der Waals surface area contributed by atoms with E-state index in [1.807, 2.05) is 34.9 Å². The van der Waals surface area contributed by atoms with E-state index in [1.54, 1.807) is 0 Å². The second kappa shape index (κ2) is 5.78. The van der Waals surface area contributed by atoms with E-state index in [0.29, 0.717) is 13.2 Å². The first-order valence-electron chi connectivity index (χ1n) is 4.99. The predicted octanol–water partition coefficient (Wildman–Crippen LogP) is 0.100. The Morgan fingerprint density at radius 3 is 2.93 bits per heavy atom. The van der Waals surface area contributed by atoms with Crippen molar-refractivity contribution in [2.24, 2.45) is 7.05 Å². The molecule has 0 aliphatic carbocycles. The van der Waals surface area contributed by atoms with Gasteiger partial charge in [0, 0.05) is 6.61 Å². The van der Waals surface area contributed by atoms with Gasteiger partial charge in [-0.25, -0.2) is 9.13 Å². The lowest BCUT2D eigenvalue weighted by Crippen LogP contribution is -2.26. The molecule has 0 spiro atoms. The first-order valence-corrected chi connectivity index (χ1v) is 4.99. The van der Waals surface area contributed by atoms with E-state index >= 15 is 0 Å². The van der Waals surface area contributed by atoms with Gasteiger partial charge in [-0.2, -0.15) is 0 Å². The van der Waals surface area contributed by atoms with E-state index in [4.69, 9.17) is 4.74 Å². The first kappa shape index (κ1) is 11.2. The number of rotatable bonds is 6. The highest BCUT2D eigenvalue weighted by atomic mass is 16.5. The largest absolute Gasteiger partial charge is 0.387 e. The van der Waals surface area contributed by atoms with Gasteiger partial charge in [0.15, 0.2) is 0 Å². The van der Waals surface area contributed by atoms with Crippen LogP contribution in [0.15, 0.2) is 18.7 Å². The van der Waals surface area contributed by atoms with Crippen molar-refractivity contribution >= 4 is 0 Å². The van der Waals surface area contributed by atoms with Crippen LogP contribution in [0.25, 0.3) is 0 Å². The molecule has 1 aromatic rings. The third kappa shape index (κ3) is 3.89. The number of aromatic nitrogens is 2. The Morgan fingerprint density at radius 2 is 2.36 bits per heavy atom. The average molecular weight is 199 g/mol. The molecule has 0 fully saturated rings. The molecule has 1 unspecified atom stereocenters. The molecule has 0 radical (unpaired) electrons. The lowest BCUT2D eigenvalue weighted by atomic mass is 10.4. The van der Waals surface area contributed by atoms with Crippen LogP contribution in [0.5, 0.6) is 0 Å². The summed E-state index contributed by atoms with van der Waals surface area (Å²) >= 11 is 0. The maximum absolute atomic E-state index is 9.58. The minimum atomic E-state index is -0.422. The zero-order valence-electron chi connectivity index (χ0n) is 8.89. The highest BCUT2D eigenvalue weighted by Crippen LogP contribution is 1.93. The van der Waals surface area contributed by atoms with Crippen molar-refractivity contribution in [1.82, 2.24) is 4.57 Å². The number of aryl methyl sites for hydroxylation is 1.